The number of aryl methyl sites for hydroxylation is 1. The molecule has 1 aliphatic carbocycles. The number of nitrogens with zero attached hydrogens (tertiary/aromatic N) is 2. The van der Waals surface area contributed by atoms with Crippen LogP contribution in [0.15, 0.2) is 114 Å². The van der Waals surface area contributed by atoms with E-state index in [1.54, 1.807) is 60.7 Å². The molecule has 1 atom stereocenters. The minimum absolute atomic E-state index is 0.0209. The van der Waals surface area contributed by atoms with Crippen LogP contribution in [0.1, 0.15) is 48.8 Å². The quantitative estimate of drug-likeness (QED) is 0.194. The second-order valence-electron chi connectivity index (χ2n) is 11.8. The van der Waals surface area contributed by atoms with Crippen molar-refractivity contribution in [2.24, 2.45) is 0 Å². The number of benzene rings is 4. The highest BCUT2D eigenvalue weighted by atomic mass is 32.2. The van der Waals surface area contributed by atoms with Crippen molar-refractivity contribution in [3.8, 4) is 0 Å². The molecular weight excluding hydrogens is 601 g/mol. The lowest BCUT2D eigenvalue weighted by molar-refractivity contribution is -0.140. The number of nitrogens with one attached hydrogen (secondary N) is 1. The minimum Gasteiger partial charge on any atom is -0.352 e. The van der Waals surface area contributed by atoms with Gasteiger partial charge in [0.05, 0.1) is 10.6 Å². The van der Waals surface area contributed by atoms with Crippen molar-refractivity contribution >= 4 is 27.5 Å². The van der Waals surface area contributed by atoms with Gasteiger partial charge >= 0.3 is 0 Å². The van der Waals surface area contributed by atoms with Crippen LogP contribution in [0.3, 0.4) is 0 Å². The van der Waals surface area contributed by atoms with E-state index in [0.29, 0.717) is 5.69 Å². The van der Waals surface area contributed by atoms with Gasteiger partial charge in [-0.3, -0.25) is 13.9 Å². The van der Waals surface area contributed by atoms with Crippen LogP contribution in [0.2, 0.25) is 0 Å². The van der Waals surface area contributed by atoms with Gasteiger partial charge in [-0.15, -0.1) is 0 Å². The molecule has 5 rings (SSSR count). The molecule has 1 unspecified atom stereocenters. The van der Waals surface area contributed by atoms with Gasteiger partial charge in [0.15, 0.2) is 0 Å². The molecule has 1 N–H and O–H groups in total. The molecule has 9 heteroatoms. The Kier molecular flexibility index (Phi) is 10.9. The fraction of sp³-hybridized carbons (Fsp3) is 0.297. The van der Waals surface area contributed by atoms with Crippen LogP contribution < -0.4 is 9.62 Å². The molecule has 46 heavy (non-hydrogen) atoms. The second kappa shape index (κ2) is 15.2. The number of rotatable bonds is 12. The van der Waals surface area contributed by atoms with E-state index in [0.717, 1.165) is 47.5 Å². The summed E-state index contributed by atoms with van der Waals surface area (Å²) >= 11 is 0. The number of anilines is 1. The lowest BCUT2D eigenvalue weighted by atomic mass is 9.94. The van der Waals surface area contributed by atoms with Gasteiger partial charge in [-0.1, -0.05) is 104 Å². The topological polar surface area (TPSA) is 86.8 Å². The largest absolute Gasteiger partial charge is 0.352 e. The summed E-state index contributed by atoms with van der Waals surface area (Å²) in [4.78, 5) is 30.0. The predicted molar refractivity (Wildman–Crippen MR) is 178 cm³/mol. The first-order valence-electron chi connectivity index (χ1n) is 15.7. The monoisotopic (exact) mass is 641 g/mol. The van der Waals surface area contributed by atoms with E-state index >= 15 is 4.39 Å². The summed E-state index contributed by atoms with van der Waals surface area (Å²) in [6.07, 6.45) is 5.01. The second-order valence-corrected chi connectivity index (χ2v) is 13.7. The van der Waals surface area contributed by atoms with Crippen molar-refractivity contribution in [3.05, 3.63) is 132 Å². The Balaban J connectivity index is 1.56. The molecule has 0 aromatic heterocycles. The fourth-order valence-electron chi connectivity index (χ4n) is 5.87. The zero-order valence-corrected chi connectivity index (χ0v) is 26.8. The Morgan fingerprint density at radius 1 is 0.826 bits per heavy atom. The van der Waals surface area contributed by atoms with E-state index in [1.807, 2.05) is 37.3 Å². The van der Waals surface area contributed by atoms with Gasteiger partial charge in [0.1, 0.15) is 18.4 Å². The molecule has 4 aromatic carbocycles. The van der Waals surface area contributed by atoms with E-state index in [-0.39, 0.29) is 35.4 Å². The smallest absolute Gasteiger partial charge is 0.264 e. The van der Waals surface area contributed by atoms with Gasteiger partial charge in [-0.05, 0) is 55.7 Å². The molecule has 2 amide bonds. The maximum Gasteiger partial charge on any atom is 0.264 e. The Hall–Kier alpha value is -4.50. The van der Waals surface area contributed by atoms with E-state index < -0.39 is 34.3 Å². The standard InChI is InChI=1S/C37H40FN3O4S/c1-28-21-23-32(24-22-28)41(46(44,45)33-18-9-4-10-19-33)27-36(42)40(26-30-15-11-12-20-34(30)38)35(25-29-13-5-2-6-14-29)37(43)39-31-16-7-3-8-17-31/h2,4-6,9-15,18-24,31,35H,3,7-8,16-17,25-27H2,1H3,(H,39,43). The third kappa shape index (κ3) is 8.20. The highest BCUT2D eigenvalue weighted by Gasteiger charge is 2.35. The maximum absolute atomic E-state index is 15.1. The molecule has 0 spiro atoms. The molecule has 0 bridgehead atoms. The zero-order valence-electron chi connectivity index (χ0n) is 26.0. The molecule has 240 valence electrons. The van der Waals surface area contributed by atoms with Gasteiger partial charge < -0.3 is 10.2 Å². The lowest BCUT2D eigenvalue weighted by Gasteiger charge is -2.35. The van der Waals surface area contributed by atoms with Crippen LogP contribution in [-0.2, 0) is 32.6 Å². The van der Waals surface area contributed by atoms with Crippen molar-refractivity contribution in [1.82, 2.24) is 10.2 Å². The molecule has 1 fully saturated rings. The fourth-order valence-corrected chi connectivity index (χ4v) is 7.30. The van der Waals surface area contributed by atoms with Crippen molar-refractivity contribution in [3.63, 3.8) is 0 Å². The summed E-state index contributed by atoms with van der Waals surface area (Å²) in [5, 5.41) is 3.16. The summed E-state index contributed by atoms with van der Waals surface area (Å²) in [5.41, 5.74) is 2.28. The zero-order chi connectivity index (χ0) is 32.5. The Morgan fingerprint density at radius 3 is 2.09 bits per heavy atom. The molecule has 7 nitrogen and oxygen atoms in total. The van der Waals surface area contributed by atoms with E-state index in [4.69, 9.17) is 0 Å². The number of hydrogen-bond acceptors (Lipinski definition) is 4. The first-order chi connectivity index (χ1) is 22.2. The highest BCUT2D eigenvalue weighted by molar-refractivity contribution is 7.92. The third-order valence-corrected chi connectivity index (χ3v) is 10.2. The van der Waals surface area contributed by atoms with Crippen LogP contribution >= 0.6 is 0 Å². The highest BCUT2D eigenvalue weighted by Crippen LogP contribution is 2.26. The predicted octanol–water partition coefficient (Wildman–Crippen LogP) is 6.42. The van der Waals surface area contributed by atoms with Crippen LogP contribution in [0, 0.1) is 12.7 Å². The SMILES string of the molecule is Cc1ccc(N(CC(=O)N(Cc2ccccc2F)C(Cc2ccccc2)C(=O)NC2CCCCC2)S(=O)(=O)c2ccccc2)cc1. The lowest BCUT2D eigenvalue weighted by Crippen LogP contribution is -2.55. The van der Waals surface area contributed by atoms with E-state index in [9.17, 15) is 18.0 Å². The normalized spacial score (nSPS) is 14.3. The number of amides is 2. The summed E-state index contributed by atoms with van der Waals surface area (Å²) < 4.78 is 44.3. The summed E-state index contributed by atoms with van der Waals surface area (Å²) in [6.45, 7) is 1.09. The van der Waals surface area contributed by atoms with Crippen molar-refractivity contribution in [2.75, 3.05) is 10.8 Å². The van der Waals surface area contributed by atoms with Crippen LogP contribution in [0.4, 0.5) is 10.1 Å². The van der Waals surface area contributed by atoms with Gasteiger partial charge in [0.25, 0.3) is 10.0 Å². The van der Waals surface area contributed by atoms with Gasteiger partial charge in [-0.2, -0.15) is 0 Å². The first kappa shape index (κ1) is 32.9. The molecule has 1 saturated carbocycles. The van der Waals surface area contributed by atoms with Crippen molar-refractivity contribution < 1.29 is 22.4 Å². The Bertz CT molecular complexity index is 1710. The van der Waals surface area contributed by atoms with Crippen molar-refractivity contribution in [1.29, 1.82) is 0 Å². The summed E-state index contributed by atoms with van der Waals surface area (Å²) in [7, 11) is -4.19. The molecule has 0 aliphatic heterocycles. The molecule has 1 aliphatic rings. The number of sulfonamides is 1. The molecule has 0 saturated heterocycles. The van der Waals surface area contributed by atoms with Crippen molar-refractivity contribution in [2.45, 2.75) is 69.0 Å². The van der Waals surface area contributed by atoms with Gasteiger partial charge in [-0.25, -0.2) is 12.8 Å². The van der Waals surface area contributed by atoms with Gasteiger partial charge in [0, 0.05) is 24.6 Å². The maximum atomic E-state index is 15.1. The number of halogens is 1. The van der Waals surface area contributed by atoms with Crippen LogP contribution in [-0.4, -0.2) is 43.8 Å². The summed E-state index contributed by atoms with van der Waals surface area (Å²) in [5.74, 6) is -1.48. The average Bonchev–Trinajstić information content (AvgIpc) is 3.07. The molecule has 0 heterocycles. The summed E-state index contributed by atoms with van der Waals surface area (Å²) in [6, 6.07) is 29.2. The number of carbonyl (C=O) groups excluding carboxylic acids is 2. The van der Waals surface area contributed by atoms with E-state index in [1.165, 1.54) is 23.1 Å². The molecule has 4 aromatic rings. The van der Waals surface area contributed by atoms with Crippen LogP contribution in [0.5, 0.6) is 0 Å². The molecular formula is C37H40FN3O4S. The Labute approximate surface area is 271 Å². The van der Waals surface area contributed by atoms with E-state index in [2.05, 4.69) is 5.32 Å². The third-order valence-electron chi connectivity index (χ3n) is 8.45. The van der Waals surface area contributed by atoms with Crippen LogP contribution in [0.25, 0.3) is 0 Å². The first-order valence-corrected chi connectivity index (χ1v) is 17.2. The Morgan fingerprint density at radius 2 is 1.43 bits per heavy atom. The number of hydrogen-bond donors (Lipinski definition) is 1. The minimum atomic E-state index is -4.19. The van der Waals surface area contributed by atoms with Gasteiger partial charge in [0.2, 0.25) is 11.8 Å². The molecule has 0 radical (unpaired) electrons. The average molecular weight is 642 g/mol. The number of carbonyl (C=O) groups is 2.